The van der Waals surface area contributed by atoms with Crippen molar-refractivity contribution in [3.05, 3.63) is 48.0 Å². The van der Waals surface area contributed by atoms with Crippen LogP contribution in [0.15, 0.2) is 47.4 Å². The van der Waals surface area contributed by atoms with Crippen LogP contribution in [0.4, 0.5) is 11.4 Å². The fourth-order valence-corrected chi connectivity index (χ4v) is 3.49. The molecule has 7 heteroatoms. The average Bonchev–Trinajstić information content (AvgIpc) is 2.61. The third kappa shape index (κ3) is 4.23. The highest BCUT2D eigenvalue weighted by molar-refractivity contribution is 8.00. The number of nitrogens with one attached hydrogen (secondary N) is 2. The molecule has 1 atom stereocenters. The number of carbonyl (C=O) groups is 3. The normalized spacial score (nSPS) is 13.8. The highest BCUT2D eigenvalue weighted by atomic mass is 32.2. The molecule has 0 radical (unpaired) electrons. The minimum absolute atomic E-state index is 0.0129. The first-order chi connectivity index (χ1) is 12.4. The molecule has 0 aromatic heterocycles. The van der Waals surface area contributed by atoms with E-state index in [0.717, 1.165) is 4.90 Å². The van der Waals surface area contributed by atoms with Gasteiger partial charge in [0.2, 0.25) is 5.91 Å². The Balaban J connectivity index is 1.69. The van der Waals surface area contributed by atoms with Gasteiger partial charge in [-0.1, -0.05) is 0 Å². The zero-order valence-corrected chi connectivity index (χ0v) is 15.2. The molecule has 1 heterocycles. The number of fused-ring (bicyclic) bond motifs is 1. The Hall–Kier alpha value is -2.80. The number of amides is 2. The fraction of sp³-hybridized carbons (Fsp3) is 0.211. The molecule has 1 unspecified atom stereocenters. The summed E-state index contributed by atoms with van der Waals surface area (Å²) in [6.07, 6.45) is 0. The molecule has 0 bridgehead atoms. The van der Waals surface area contributed by atoms with Gasteiger partial charge in [0.1, 0.15) is 5.75 Å². The Morgan fingerprint density at radius 3 is 2.62 bits per heavy atom. The van der Waals surface area contributed by atoms with Crippen molar-refractivity contribution < 1.29 is 19.1 Å². The number of carbonyl (C=O) groups excluding carboxylic acids is 3. The molecule has 0 fully saturated rings. The second-order valence-corrected chi connectivity index (χ2v) is 7.29. The van der Waals surface area contributed by atoms with Gasteiger partial charge >= 0.3 is 0 Å². The summed E-state index contributed by atoms with van der Waals surface area (Å²) in [7, 11) is 0. The summed E-state index contributed by atoms with van der Waals surface area (Å²) >= 11 is 1.43. The van der Waals surface area contributed by atoms with Crippen molar-refractivity contribution in [1.82, 2.24) is 0 Å². The Morgan fingerprint density at radius 1 is 1.19 bits per heavy atom. The summed E-state index contributed by atoms with van der Waals surface area (Å²) in [5.41, 5.74) is 1.75. The first kappa shape index (κ1) is 18.0. The highest BCUT2D eigenvalue weighted by Gasteiger charge is 2.21. The molecule has 2 N–H and O–H groups in total. The molecule has 0 saturated heterocycles. The third-order valence-electron chi connectivity index (χ3n) is 3.75. The second-order valence-electron chi connectivity index (χ2n) is 5.88. The number of anilines is 2. The molecule has 1 aliphatic heterocycles. The van der Waals surface area contributed by atoms with E-state index in [1.165, 1.54) is 18.7 Å². The van der Waals surface area contributed by atoms with Crippen LogP contribution in [-0.2, 0) is 9.59 Å². The zero-order chi connectivity index (χ0) is 18.7. The van der Waals surface area contributed by atoms with Crippen LogP contribution in [0, 0.1) is 0 Å². The minimum Gasteiger partial charge on any atom is -0.482 e. The SMILES string of the molecule is CC(=O)Nc1ccc(SC(C)C(=O)c2ccc3c(c2)NC(=O)CO3)cc1. The summed E-state index contributed by atoms with van der Waals surface area (Å²) in [6, 6.07) is 12.4. The van der Waals surface area contributed by atoms with Crippen LogP contribution in [-0.4, -0.2) is 29.5 Å². The fourth-order valence-electron chi connectivity index (χ4n) is 2.55. The topological polar surface area (TPSA) is 84.5 Å². The zero-order valence-electron chi connectivity index (χ0n) is 14.4. The number of ketones is 1. The first-order valence-corrected chi connectivity index (χ1v) is 8.95. The van der Waals surface area contributed by atoms with Gasteiger partial charge in [-0.05, 0) is 49.4 Å². The van der Waals surface area contributed by atoms with Gasteiger partial charge < -0.3 is 15.4 Å². The van der Waals surface area contributed by atoms with E-state index in [4.69, 9.17) is 4.74 Å². The van der Waals surface area contributed by atoms with Crippen LogP contribution in [0.5, 0.6) is 5.75 Å². The molecule has 0 saturated carbocycles. The summed E-state index contributed by atoms with van der Waals surface area (Å²) in [4.78, 5) is 36.1. The van der Waals surface area contributed by atoms with E-state index in [2.05, 4.69) is 10.6 Å². The number of hydrogen-bond donors (Lipinski definition) is 2. The van der Waals surface area contributed by atoms with Gasteiger partial charge in [0.15, 0.2) is 12.4 Å². The molecule has 0 spiro atoms. The van der Waals surface area contributed by atoms with Crippen molar-refractivity contribution in [3.63, 3.8) is 0 Å². The molecule has 2 aromatic carbocycles. The van der Waals surface area contributed by atoms with Crippen molar-refractivity contribution in [3.8, 4) is 5.75 Å². The quantitative estimate of drug-likeness (QED) is 0.623. The van der Waals surface area contributed by atoms with Crippen LogP contribution in [0.1, 0.15) is 24.2 Å². The summed E-state index contributed by atoms with van der Waals surface area (Å²) in [5, 5.41) is 5.11. The Bertz CT molecular complexity index is 864. The Morgan fingerprint density at radius 2 is 1.92 bits per heavy atom. The van der Waals surface area contributed by atoms with Crippen LogP contribution in [0.3, 0.4) is 0 Å². The lowest BCUT2D eigenvalue weighted by Crippen LogP contribution is -2.25. The molecule has 6 nitrogen and oxygen atoms in total. The largest absolute Gasteiger partial charge is 0.482 e. The molecule has 1 aliphatic rings. The molecule has 3 rings (SSSR count). The molecule has 2 amide bonds. The highest BCUT2D eigenvalue weighted by Crippen LogP contribution is 2.31. The number of benzene rings is 2. The second kappa shape index (κ2) is 7.61. The lowest BCUT2D eigenvalue weighted by atomic mass is 10.1. The third-order valence-corrected chi connectivity index (χ3v) is 4.87. The maximum Gasteiger partial charge on any atom is 0.262 e. The van der Waals surface area contributed by atoms with E-state index in [9.17, 15) is 14.4 Å². The van der Waals surface area contributed by atoms with E-state index < -0.39 is 0 Å². The Kier molecular flexibility index (Phi) is 5.27. The van der Waals surface area contributed by atoms with Gasteiger partial charge in [0, 0.05) is 23.1 Å². The lowest BCUT2D eigenvalue weighted by molar-refractivity contribution is -0.118. The number of hydrogen-bond acceptors (Lipinski definition) is 5. The van der Waals surface area contributed by atoms with Crippen LogP contribution in [0.25, 0.3) is 0 Å². The van der Waals surface area contributed by atoms with E-state index in [1.54, 1.807) is 30.3 Å². The lowest BCUT2D eigenvalue weighted by Gasteiger charge is -2.19. The van der Waals surface area contributed by atoms with Crippen molar-refractivity contribution in [2.75, 3.05) is 17.2 Å². The van der Waals surface area contributed by atoms with Crippen LogP contribution >= 0.6 is 11.8 Å². The Labute approximate surface area is 155 Å². The predicted octanol–water partition coefficient (Wildman–Crippen LogP) is 3.34. The number of Topliss-reactive ketones (excluding diaryl/α,β-unsaturated/α-hetero) is 1. The van der Waals surface area contributed by atoms with Crippen molar-refractivity contribution in [2.24, 2.45) is 0 Å². The van der Waals surface area contributed by atoms with E-state index in [0.29, 0.717) is 22.7 Å². The number of ether oxygens (including phenoxy) is 1. The standard InChI is InChI=1S/C19H18N2O4S/c1-11(26-15-6-4-14(5-7-15)20-12(2)22)19(24)13-3-8-17-16(9-13)21-18(23)10-25-17/h3-9,11H,10H2,1-2H3,(H,20,22)(H,21,23). The van der Waals surface area contributed by atoms with E-state index in [-0.39, 0.29) is 29.5 Å². The molecular weight excluding hydrogens is 352 g/mol. The summed E-state index contributed by atoms with van der Waals surface area (Å²) in [6.45, 7) is 3.28. The monoisotopic (exact) mass is 370 g/mol. The van der Waals surface area contributed by atoms with Crippen molar-refractivity contribution >= 4 is 40.7 Å². The average molecular weight is 370 g/mol. The smallest absolute Gasteiger partial charge is 0.262 e. The maximum absolute atomic E-state index is 12.7. The van der Waals surface area contributed by atoms with Gasteiger partial charge in [0.05, 0.1) is 10.9 Å². The van der Waals surface area contributed by atoms with E-state index >= 15 is 0 Å². The van der Waals surface area contributed by atoms with Crippen LogP contribution < -0.4 is 15.4 Å². The summed E-state index contributed by atoms with van der Waals surface area (Å²) in [5.74, 6) is 0.166. The minimum atomic E-state index is -0.306. The van der Waals surface area contributed by atoms with Gasteiger partial charge in [-0.25, -0.2) is 0 Å². The molecule has 0 aliphatic carbocycles. The van der Waals surface area contributed by atoms with E-state index in [1.807, 2.05) is 19.1 Å². The number of rotatable bonds is 5. The van der Waals surface area contributed by atoms with Crippen molar-refractivity contribution in [2.45, 2.75) is 24.0 Å². The van der Waals surface area contributed by atoms with Gasteiger partial charge in [-0.15, -0.1) is 11.8 Å². The van der Waals surface area contributed by atoms with Crippen LogP contribution in [0.2, 0.25) is 0 Å². The first-order valence-electron chi connectivity index (χ1n) is 8.07. The van der Waals surface area contributed by atoms with Gasteiger partial charge in [-0.2, -0.15) is 0 Å². The molecular formula is C19H18N2O4S. The molecule has 134 valence electrons. The van der Waals surface area contributed by atoms with Gasteiger partial charge in [0.25, 0.3) is 5.91 Å². The predicted molar refractivity (Wildman–Crippen MR) is 101 cm³/mol. The molecule has 2 aromatic rings. The number of thioether (sulfide) groups is 1. The van der Waals surface area contributed by atoms with Gasteiger partial charge in [-0.3, -0.25) is 14.4 Å². The van der Waals surface area contributed by atoms with Crippen molar-refractivity contribution in [1.29, 1.82) is 0 Å². The molecule has 26 heavy (non-hydrogen) atoms. The summed E-state index contributed by atoms with van der Waals surface area (Å²) < 4.78 is 5.31. The maximum atomic E-state index is 12.7.